The predicted molar refractivity (Wildman–Crippen MR) is 42.1 cm³/mol. The molecule has 0 aromatic rings. The van der Waals surface area contributed by atoms with Crippen molar-refractivity contribution in [3.63, 3.8) is 0 Å². The molecule has 0 amide bonds. The van der Waals surface area contributed by atoms with Crippen molar-refractivity contribution in [2.45, 2.75) is 0 Å². The maximum Gasteiger partial charge on any atom is 0.248 e. The first kappa shape index (κ1) is 7.69. The van der Waals surface area contributed by atoms with Crippen LogP contribution < -0.4 is 0 Å². The number of isocyanates is 2. The first-order valence-corrected chi connectivity index (χ1v) is 4.37. The lowest BCUT2D eigenvalue weighted by atomic mass is 10.6. The molecule has 0 aromatic carbocycles. The summed E-state index contributed by atoms with van der Waals surface area (Å²) >= 11 is 0. The monoisotopic (exact) mass is 168 g/mol. The number of hydrogen-bond donors (Lipinski definition) is 0. The van der Waals surface area contributed by atoms with Crippen LogP contribution in [0.1, 0.15) is 0 Å². The van der Waals surface area contributed by atoms with Crippen LogP contribution in [0.25, 0.3) is 0 Å². The molecule has 11 heavy (non-hydrogen) atoms. The number of carbonyl (C=O) groups excluding carboxylic acids is 2. The second-order valence-electron chi connectivity index (χ2n) is 1.66. The van der Waals surface area contributed by atoms with Crippen molar-refractivity contribution in [3.05, 3.63) is 23.0 Å². The third-order valence-electron chi connectivity index (χ3n) is 1.04. The van der Waals surface area contributed by atoms with Crippen LogP contribution in [0.4, 0.5) is 0 Å². The highest BCUT2D eigenvalue weighted by Gasteiger charge is 2.17. The fourth-order valence-corrected chi connectivity index (χ4v) is 1.89. The molecule has 0 spiro atoms. The first-order valence-electron chi connectivity index (χ1n) is 2.69. The Morgan fingerprint density at radius 1 is 1.00 bits per heavy atom. The van der Waals surface area contributed by atoms with Crippen molar-refractivity contribution in [2.24, 2.45) is 8.80 Å². The van der Waals surface area contributed by atoms with Crippen molar-refractivity contribution in [3.8, 4) is 0 Å². The van der Waals surface area contributed by atoms with Gasteiger partial charge in [0, 0.05) is 10.4 Å². The van der Waals surface area contributed by atoms with Crippen LogP contribution in [-0.4, -0.2) is 12.2 Å². The summed E-state index contributed by atoms with van der Waals surface area (Å²) in [5.41, 5.74) is 0. The lowest BCUT2D eigenvalue weighted by molar-refractivity contribution is 0.566. The Bertz CT molecular complexity index is 277. The zero-order valence-corrected chi connectivity index (χ0v) is 6.25. The van der Waals surface area contributed by atoms with E-state index in [1.807, 2.05) is 0 Å². The summed E-state index contributed by atoms with van der Waals surface area (Å²) in [6.45, 7) is 0. The van der Waals surface area contributed by atoms with Crippen molar-refractivity contribution in [2.75, 3.05) is 0 Å². The smallest absolute Gasteiger partial charge is 0.210 e. The third-order valence-corrected chi connectivity index (χ3v) is 2.89. The number of nitrogens with zero attached hydrogens (tertiary/aromatic N) is 2. The van der Waals surface area contributed by atoms with Gasteiger partial charge < -0.3 is 0 Å². The molecule has 0 aromatic heterocycles. The average Bonchev–Trinajstić information content (AvgIpc) is 2.39. The van der Waals surface area contributed by atoms with E-state index in [0.717, 1.165) is 0 Å². The molecule has 1 heterocycles. The van der Waals surface area contributed by atoms with E-state index in [9.17, 15) is 9.59 Å². The zero-order chi connectivity index (χ0) is 8.16. The van der Waals surface area contributed by atoms with Gasteiger partial charge in [0.05, 0.1) is 0 Å². The second kappa shape index (κ2) is 3.12. The van der Waals surface area contributed by atoms with Crippen LogP contribution in [0.15, 0.2) is 31.8 Å². The molecule has 1 aliphatic heterocycles. The Kier molecular flexibility index (Phi) is 2.18. The second-order valence-corrected chi connectivity index (χ2v) is 3.85. The molecule has 4 nitrogen and oxygen atoms in total. The zero-order valence-electron chi connectivity index (χ0n) is 5.43. The Labute approximate surface area is 64.6 Å². The van der Waals surface area contributed by atoms with Gasteiger partial charge in [-0.1, -0.05) is 12.2 Å². The maximum atomic E-state index is 9.91. The van der Waals surface area contributed by atoms with Crippen molar-refractivity contribution in [1.29, 1.82) is 0 Å². The van der Waals surface area contributed by atoms with Crippen LogP contribution in [0.3, 0.4) is 0 Å². The van der Waals surface area contributed by atoms with Crippen molar-refractivity contribution in [1.82, 2.24) is 0 Å². The highest BCUT2D eigenvalue weighted by Crippen LogP contribution is 2.55. The topological polar surface area (TPSA) is 58.9 Å². The summed E-state index contributed by atoms with van der Waals surface area (Å²) in [5.74, 6) is 0. The van der Waals surface area contributed by atoms with Crippen molar-refractivity contribution < 1.29 is 9.59 Å². The molecule has 0 unspecified atom stereocenters. The minimum Gasteiger partial charge on any atom is -0.210 e. The van der Waals surface area contributed by atoms with Crippen LogP contribution in [0.5, 0.6) is 0 Å². The summed E-state index contributed by atoms with van der Waals surface area (Å²) in [4.78, 5) is 19.8. The van der Waals surface area contributed by atoms with Crippen LogP contribution in [0.2, 0.25) is 0 Å². The Balaban J connectivity index is 3.07. The molecule has 0 atom stereocenters. The molecule has 0 bridgehead atoms. The first-order chi connectivity index (χ1) is 5.33. The standard InChI is InChI=1S/C6H4N2O2S/c9-5-7-11(8-6-10)3-1-2-4-11/h1-4H. The molecule has 0 N–H and O–H groups in total. The van der Waals surface area contributed by atoms with E-state index in [2.05, 4.69) is 8.80 Å². The minimum absolute atomic E-state index is 1.37. The molecule has 5 heteroatoms. The summed E-state index contributed by atoms with van der Waals surface area (Å²) in [5, 5.41) is 3.17. The van der Waals surface area contributed by atoms with Gasteiger partial charge in [0.25, 0.3) is 0 Å². The van der Waals surface area contributed by atoms with Gasteiger partial charge in [-0.25, -0.2) is 9.59 Å². The van der Waals surface area contributed by atoms with Gasteiger partial charge in [0.15, 0.2) is 0 Å². The molecule has 0 aliphatic carbocycles. The van der Waals surface area contributed by atoms with Crippen LogP contribution >= 0.6 is 10.4 Å². The van der Waals surface area contributed by atoms with Crippen LogP contribution in [0, 0.1) is 0 Å². The molecule has 0 radical (unpaired) electrons. The molecular weight excluding hydrogens is 164 g/mol. The van der Waals surface area contributed by atoms with Gasteiger partial charge in [-0.15, -0.1) is 8.80 Å². The predicted octanol–water partition coefficient (Wildman–Crippen LogP) is 1.33. The Morgan fingerprint density at radius 2 is 1.45 bits per heavy atom. The summed E-state index contributed by atoms with van der Waals surface area (Å²) in [6, 6.07) is 0. The van der Waals surface area contributed by atoms with E-state index in [1.165, 1.54) is 12.2 Å². The molecule has 1 aliphatic rings. The largest absolute Gasteiger partial charge is 0.248 e. The van der Waals surface area contributed by atoms with E-state index in [0.29, 0.717) is 0 Å². The van der Waals surface area contributed by atoms with Gasteiger partial charge >= 0.3 is 0 Å². The van der Waals surface area contributed by atoms with Crippen LogP contribution in [-0.2, 0) is 9.59 Å². The van der Waals surface area contributed by atoms with E-state index in [-0.39, 0.29) is 0 Å². The SMILES string of the molecule is O=C=NS1(N=C=O)C=CC=C1. The molecule has 0 fully saturated rings. The molecular formula is C6H4N2O2S. The Morgan fingerprint density at radius 3 is 1.82 bits per heavy atom. The maximum absolute atomic E-state index is 9.91. The number of rotatable bonds is 2. The van der Waals surface area contributed by atoms with Gasteiger partial charge in [-0.05, 0) is 10.8 Å². The van der Waals surface area contributed by atoms with E-state index >= 15 is 0 Å². The average molecular weight is 168 g/mol. The lowest BCUT2D eigenvalue weighted by Crippen LogP contribution is -1.78. The highest BCUT2D eigenvalue weighted by atomic mass is 32.3. The normalized spacial score (nSPS) is 20.0. The van der Waals surface area contributed by atoms with Gasteiger partial charge in [0.2, 0.25) is 12.2 Å². The highest BCUT2D eigenvalue weighted by molar-refractivity contribution is 8.36. The number of hydrogen-bond acceptors (Lipinski definition) is 4. The fourth-order valence-electron chi connectivity index (χ4n) is 0.629. The summed E-state index contributed by atoms with van der Waals surface area (Å²) < 4.78 is 6.84. The minimum atomic E-state index is -2.02. The van der Waals surface area contributed by atoms with E-state index in [1.54, 1.807) is 23.0 Å². The fraction of sp³-hybridized carbons (Fsp3) is 0. The molecule has 0 saturated heterocycles. The Hall–Kier alpha value is -1.41. The van der Waals surface area contributed by atoms with Gasteiger partial charge in [0.1, 0.15) is 0 Å². The molecule has 1 rings (SSSR count). The molecule has 0 saturated carbocycles. The van der Waals surface area contributed by atoms with Crippen molar-refractivity contribution >= 4 is 22.6 Å². The third kappa shape index (κ3) is 1.53. The number of allylic oxidation sites excluding steroid dienone is 2. The van der Waals surface area contributed by atoms with E-state index < -0.39 is 10.4 Å². The lowest BCUT2D eigenvalue weighted by Gasteiger charge is -2.13. The van der Waals surface area contributed by atoms with E-state index in [4.69, 9.17) is 0 Å². The van der Waals surface area contributed by atoms with Gasteiger partial charge in [-0.2, -0.15) is 0 Å². The quantitative estimate of drug-likeness (QED) is 0.461. The van der Waals surface area contributed by atoms with Gasteiger partial charge in [-0.3, -0.25) is 0 Å². The summed E-state index contributed by atoms with van der Waals surface area (Å²) in [6.07, 6.45) is 6.10. The molecule has 56 valence electrons. The summed E-state index contributed by atoms with van der Waals surface area (Å²) in [7, 11) is -2.02.